The normalized spacial score (nSPS) is 15.2. The zero-order chi connectivity index (χ0) is 19.4. The minimum Gasteiger partial charge on any atom is -0.347 e. The zero-order valence-corrected chi connectivity index (χ0v) is 15.7. The summed E-state index contributed by atoms with van der Waals surface area (Å²) in [7, 11) is 0. The molecule has 2 N–H and O–H groups in total. The number of H-pyrrole nitrogens is 1. The molecule has 1 aliphatic rings. The highest BCUT2D eigenvalue weighted by Crippen LogP contribution is 2.34. The lowest BCUT2D eigenvalue weighted by Gasteiger charge is -2.32. The highest BCUT2D eigenvalue weighted by Gasteiger charge is 2.27. The van der Waals surface area contributed by atoms with Crippen molar-refractivity contribution in [3.8, 4) is 11.1 Å². The SMILES string of the molecule is CC(C)C(=O)NCC(=O)N1CCC(c2[nH]ncc2-c2cccc(F)c2)CC1. The van der Waals surface area contributed by atoms with Crippen molar-refractivity contribution in [2.45, 2.75) is 32.6 Å². The molecule has 2 amide bonds. The Morgan fingerprint density at radius 2 is 2.07 bits per heavy atom. The summed E-state index contributed by atoms with van der Waals surface area (Å²) >= 11 is 0. The number of benzene rings is 1. The van der Waals surface area contributed by atoms with Gasteiger partial charge in [-0.05, 0) is 30.5 Å². The molecule has 1 aromatic carbocycles. The largest absolute Gasteiger partial charge is 0.347 e. The zero-order valence-electron chi connectivity index (χ0n) is 15.7. The number of hydrogen-bond acceptors (Lipinski definition) is 3. The lowest BCUT2D eigenvalue weighted by molar-refractivity contribution is -0.134. The van der Waals surface area contributed by atoms with Crippen molar-refractivity contribution in [2.75, 3.05) is 19.6 Å². The number of piperidine rings is 1. The summed E-state index contributed by atoms with van der Waals surface area (Å²) in [6.45, 7) is 4.89. The third-order valence-corrected chi connectivity index (χ3v) is 5.00. The molecule has 1 aliphatic heterocycles. The summed E-state index contributed by atoms with van der Waals surface area (Å²) in [4.78, 5) is 25.7. The van der Waals surface area contributed by atoms with Crippen LogP contribution in [0, 0.1) is 11.7 Å². The van der Waals surface area contributed by atoms with Crippen molar-refractivity contribution in [3.05, 3.63) is 42.0 Å². The third kappa shape index (κ3) is 4.53. The van der Waals surface area contributed by atoms with Crippen LogP contribution in [0.2, 0.25) is 0 Å². The molecule has 0 unspecified atom stereocenters. The van der Waals surface area contributed by atoms with E-state index in [1.165, 1.54) is 12.1 Å². The van der Waals surface area contributed by atoms with Crippen molar-refractivity contribution in [1.29, 1.82) is 0 Å². The van der Waals surface area contributed by atoms with Gasteiger partial charge in [0.15, 0.2) is 0 Å². The summed E-state index contributed by atoms with van der Waals surface area (Å²) < 4.78 is 13.5. The first-order chi connectivity index (χ1) is 13.0. The van der Waals surface area contributed by atoms with E-state index in [4.69, 9.17) is 0 Å². The number of carbonyl (C=O) groups is 2. The molecule has 144 valence electrons. The summed E-state index contributed by atoms with van der Waals surface area (Å²) in [6, 6.07) is 6.48. The van der Waals surface area contributed by atoms with E-state index in [0.717, 1.165) is 29.7 Å². The Bertz CT molecular complexity index is 810. The van der Waals surface area contributed by atoms with Gasteiger partial charge in [0.05, 0.1) is 12.7 Å². The van der Waals surface area contributed by atoms with Gasteiger partial charge in [-0.2, -0.15) is 5.10 Å². The van der Waals surface area contributed by atoms with Crippen molar-refractivity contribution < 1.29 is 14.0 Å². The topological polar surface area (TPSA) is 78.1 Å². The van der Waals surface area contributed by atoms with E-state index in [1.54, 1.807) is 31.0 Å². The van der Waals surface area contributed by atoms with E-state index < -0.39 is 0 Å². The molecular weight excluding hydrogens is 347 g/mol. The predicted octanol–water partition coefficient (Wildman–Crippen LogP) is 2.69. The molecular formula is C20H25FN4O2. The summed E-state index contributed by atoms with van der Waals surface area (Å²) in [5.41, 5.74) is 2.69. The molecule has 2 aromatic rings. The lowest BCUT2D eigenvalue weighted by atomic mass is 9.89. The lowest BCUT2D eigenvalue weighted by Crippen LogP contribution is -2.44. The van der Waals surface area contributed by atoms with Gasteiger partial charge in [-0.3, -0.25) is 14.7 Å². The second-order valence-corrected chi connectivity index (χ2v) is 7.24. The number of halogens is 1. The molecule has 3 rings (SSSR count). The van der Waals surface area contributed by atoms with E-state index in [-0.39, 0.29) is 36.0 Å². The summed E-state index contributed by atoms with van der Waals surface area (Å²) in [6.07, 6.45) is 3.33. The minimum absolute atomic E-state index is 0.0419. The maximum atomic E-state index is 13.5. The monoisotopic (exact) mass is 372 g/mol. The fourth-order valence-corrected chi connectivity index (χ4v) is 3.39. The van der Waals surface area contributed by atoms with Crippen LogP contribution in [0.4, 0.5) is 4.39 Å². The van der Waals surface area contributed by atoms with Crippen LogP contribution in [-0.4, -0.2) is 46.5 Å². The fraction of sp³-hybridized carbons (Fsp3) is 0.450. The maximum Gasteiger partial charge on any atom is 0.241 e. The number of nitrogens with one attached hydrogen (secondary N) is 2. The molecule has 7 heteroatoms. The van der Waals surface area contributed by atoms with Crippen LogP contribution in [0.5, 0.6) is 0 Å². The second kappa shape index (κ2) is 8.33. The second-order valence-electron chi connectivity index (χ2n) is 7.24. The minimum atomic E-state index is -0.275. The van der Waals surface area contributed by atoms with E-state index in [0.29, 0.717) is 13.1 Å². The molecule has 0 bridgehead atoms. The molecule has 27 heavy (non-hydrogen) atoms. The first kappa shape index (κ1) is 19.1. The van der Waals surface area contributed by atoms with Gasteiger partial charge in [-0.25, -0.2) is 4.39 Å². The van der Waals surface area contributed by atoms with E-state index in [2.05, 4.69) is 15.5 Å². The highest BCUT2D eigenvalue weighted by molar-refractivity contribution is 5.85. The first-order valence-corrected chi connectivity index (χ1v) is 9.30. The average molecular weight is 372 g/mol. The number of amides is 2. The van der Waals surface area contributed by atoms with Gasteiger partial charge in [0.2, 0.25) is 11.8 Å². The number of rotatable bonds is 5. The van der Waals surface area contributed by atoms with Crippen LogP contribution >= 0.6 is 0 Å². The number of nitrogens with zero attached hydrogens (tertiary/aromatic N) is 2. The molecule has 1 saturated heterocycles. The molecule has 1 fully saturated rings. The Hall–Kier alpha value is -2.70. The Labute approximate surface area is 158 Å². The molecule has 0 spiro atoms. The number of aromatic nitrogens is 2. The van der Waals surface area contributed by atoms with Crippen LogP contribution in [0.1, 0.15) is 38.3 Å². The molecule has 6 nitrogen and oxygen atoms in total. The summed E-state index contributed by atoms with van der Waals surface area (Å²) in [5.74, 6) is -0.346. The van der Waals surface area contributed by atoms with Crippen LogP contribution in [0.3, 0.4) is 0 Å². The van der Waals surface area contributed by atoms with Gasteiger partial charge in [0.25, 0.3) is 0 Å². The standard InChI is InChI=1S/C20H25FN4O2/c1-13(2)20(27)22-12-18(26)25-8-6-14(7-9-25)19-17(11-23-24-19)15-4-3-5-16(21)10-15/h3-5,10-11,13-14H,6-9,12H2,1-2H3,(H,22,27)(H,23,24). The Morgan fingerprint density at radius 1 is 1.33 bits per heavy atom. The van der Waals surface area contributed by atoms with Crippen LogP contribution in [-0.2, 0) is 9.59 Å². The maximum absolute atomic E-state index is 13.5. The third-order valence-electron chi connectivity index (χ3n) is 5.00. The molecule has 0 radical (unpaired) electrons. The van der Waals surface area contributed by atoms with E-state index in [9.17, 15) is 14.0 Å². The fourth-order valence-electron chi connectivity index (χ4n) is 3.39. The van der Waals surface area contributed by atoms with E-state index in [1.807, 2.05) is 6.07 Å². The van der Waals surface area contributed by atoms with Crippen molar-refractivity contribution >= 4 is 11.8 Å². The smallest absolute Gasteiger partial charge is 0.241 e. The summed E-state index contributed by atoms with van der Waals surface area (Å²) in [5, 5.41) is 9.88. The molecule has 0 atom stereocenters. The van der Waals surface area contributed by atoms with Crippen LogP contribution < -0.4 is 5.32 Å². The Balaban J connectivity index is 1.60. The van der Waals surface area contributed by atoms with Gasteiger partial charge in [-0.1, -0.05) is 26.0 Å². The molecule has 0 aliphatic carbocycles. The number of carbonyl (C=O) groups excluding carboxylic acids is 2. The van der Waals surface area contributed by atoms with Crippen molar-refractivity contribution in [3.63, 3.8) is 0 Å². The van der Waals surface area contributed by atoms with Gasteiger partial charge in [-0.15, -0.1) is 0 Å². The van der Waals surface area contributed by atoms with Crippen LogP contribution in [0.15, 0.2) is 30.5 Å². The van der Waals surface area contributed by atoms with Crippen LogP contribution in [0.25, 0.3) is 11.1 Å². The first-order valence-electron chi connectivity index (χ1n) is 9.30. The van der Waals surface area contributed by atoms with Crippen molar-refractivity contribution in [2.24, 2.45) is 5.92 Å². The quantitative estimate of drug-likeness (QED) is 0.847. The molecule has 0 saturated carbocycles. The van der Waals surface area contributed by atoms with E-state index >= 15 is 0 Å². The number of likely N-dealkylation sites (tertiary alicyclic amines) is 1. The average Bonchev–Trinajstić information content (AvgIpc) is 3.15. The molecule has 1 aromatic heterocycles. The van der Waals surface area contributed by atoms with Gasteiger partial charge in [0, 0.05) is 36.2 Å². The number of hydrogen-bond donors (Lipinski definition) is 2. The number of aromatic amines is 1. The van der Waals surface area contributed by atoms with Gasteiger partial charge < -0.3 is 10.2 Å². The molecule has 2 heterocycles. The Kier molecular flexibility index (Phi) is 5.88. The Morgan fingerprint density at radius 3 is 2.74 bits per heavy atom. The highest BCUT2D eigenvalue weighted by atomic mass is 19.1. The van der Waals surface area contributed by atoms with Gasteiger partial charge >= 0.3 is 0 Å². The van der Waals surface area contributed by atoms with Gasteiger partial charge in [0.1, 0.15) is 5.82 Å². The van der Waals surface area contributed by atoms with Crippen molar-refractivity contribution in [1.82, 2.24) is 20.4 Å². The predicted molar refractivity (Wildman–Crippen MR) is 100 cm³/mol.